The molecule has 0 saturated carbocycles. The number of nitrogens with one attached hydrogen (secondary N) is 4. The first-order chi connectivity index (χ1) is 44.7. The van der Waals surface area contributed by atoms with E-state index in [0.717, 1.165) is 51.5 Å². The number of methoxy groups -OCH3 is 1. The molecule has 0 unspecified atom stereocenters. The van der Waals surface area contributed by atoms with Crippen LogP contribution < -0.4 is 26.2 Å². The number of carboxylic acid groups (broad SMARTS) is 2. The molecule has 93 heavy (non-hydrogen) atoms. The predicted octanol–water partition coefficient (Wildman–Crippen LogP) is 9.69. The number of nitrogens with zero attached hydrogens (tertiary/aromatic N) is 9. The number of aryl methyl sites for hydroxylation is 1. The molecule has 482 valence electrons. The number of anilines is 1. The number of ether oxygens (including phenoxy) is 2. The molecule has 1 aromatic carbocycles. The van der Waals surface area contributed by atoms with Crippen molar-refractivity contribution in [2.75, 3.05) is 32.1 Å². The van der Waals surface area contributed by atoms with Crippen LogP contribution in [0.5, 0.6) is 0 Å². The molecule has 0 saturated heterocycles. The fraction of sp³-hybridized carbons (Fsp3) is 0.311. The third-order valence-electron chi connectivity index (χ3n) is 14.5. The molecule has 10 rings (SSSR count). The first-order valence-corrected chi connectivity index (χ1v) is 33.9. The molecule has 7 N–H and O–H groups in total. The number of amides is 5. The van der Waals surface area contributed by atoms with Gasteiger partial charge >= 0.3 is 18.0 Å². The Bertz CT molecular complexity index is 4240. The van der Waals surface area contributed by atoms with Crippen LogP contribution in [0, 0.1) is 12.8 Å². The van der Waals surface area contributed by atoms with Crippen LogP contribution in [0.25, 0.3) is 43.4 Å². The Labute approximate surface area is 554 Å². The number of pyridine rings is 2. The normalized spacial score (nSPS) is 15.8. The molecule has 26 nitrogen and oxygen atoms in total. The summed E-state index contributed by atoms with van der Waals surface area (Å²) < 4.78 is 11.1. The zero-order valence-corrected chi connectivity index (χ0v) is 55.1. The smallest absolute Gasteiger partial charge is 0.415 e. The van der Waals surface area contributed by atoms with E-state index in [9.17, 15) is 53.7 Å². The summed E-state index contributed by atoms with van der Waals surface area (Å²) in [5.41, 5.74) is 2.66. The number of Topliss-reactive ketones (excluding diaryl/α,β-unsaturated/α-hetero) is 1. The van der Waals surface area contributed by atoms with Crippen molar-refractivity contribution in [2.24, 2.45) is 5.92 Å². The summed E-state index contributed by atoms with van der Waals surface area (Å²) in [7, 11) is 2.94. The molecule has 1 aliphatic heterocycles. The van der Waals surface area contributed by atoms with Crippen molar-refractivity contribution < 1.29 is 63.1 Å². The molecule has 8 aromatic heterocycles. The van der Waals surface area contributed by atoms with Gasteiger partial charge in [0, 0.05) is 77.6 Å². The van der Waals surface area contributed by atoms with Gasteiger partial charge in [0.2, 0.25) is 11.8 Å². The maximum atomic E-state index is 14.4. The lowest BCUT2D eigenvalue weighted by atomic mass is 9.90. The molecule has 10 bridgehead atoms. The largest absolute Gasteiger partial charge is 0.481 e. The van der Waals surface area contributed by atoms with Gasteiger partial charge in [0.1, 0.15) is 83.8 Å². The number of thiazole rings is 6. The number of carbonyl (C=O) groups excluding carboxylic acids is 6. The molecule has 4 atom stereocenters. The minimum absolute atomic E-state index is 0.00848. The van der Waals surface area contributed by atoms with Crippen molar-refractivity contribution in [3.8, 4) is 43.4 Å². The Balaban J connectivity index is 1.04. The van der Waals surface area contributed by atoms with Crippen molar-refractivity contribution in [3.63, 3.8) is 0 Å². The van der Waals surface area contributed by atoms with E-state index >= 15 is 0 Å². The molecule has 0 radical (unpaired) electrons. The predicted molar refractivity (Wildman–Crippen MR) is 349 cm³/mol. The van der Waals surface area contributed by atoms with Gasteiger partial charge in [-0.05, 0) is 55.5 Å². The fourth-order valence-electron chi connectivity index (χ4n) is 9.65. The first kappa shape index (κ1) is 66.9. The molecule has 32 heteroatoms. The minimum atomic E-state index is -1.31. The summed E-state index contributed by atoms with van der Waals surface area (Å²) in [6, 6.07) is 12.8. The van der Waals surface area contributed by atoms with E-state index in [1.807, 2.05) is 13.8 Å². The number of aliphatic carboxylic acids is 1. The number of aliphatic hydroxyl groups excluding tert-OH is 1. The summed E-state index contributed by atoms with van der Waals surface area (Å²) in [4.78, 5) is 147. The Morgan fingerprint density at radius 2 is 1.46 bits per heavy atom. The highest BCUT2D eigenvalue weighted by atomic mass is 32.1. The fourth-order valence-corrected chi connectivity index (χ4v) is 15.3. The molecule has 0 aliphatic carbocycles. The Morgan fingerprint density at radius 1 is 0.731 bits per heavy atom. The molecule has 1 aliphatic rings. The molecule has 9 heterocycles. The second-order valence-corrected chi connectivity index (χ2v) is 27.1. The molecule has 9 aromatic rings. The maximum Gasteiger partial charge on any atom is 0.415 e. The quantitative estimate of drug-likeness (QED) is 0.0417. The highest BCUT2D eigenvalue weighted by Gasteiger charge is 2.34. The topological polar surface area (TPSA) is 370 Å². The number of rotatable bonds is 17. The standard InChI is InChI=1S/C61H59N13O13S6/c1-29(2)35-19-41(75)47-30(3)92-58(72-47)37(20-44(76)62-4)66-52(81)39-26-88-54(68-39)34-16-17-36(56-70-43(28-91-56)74(18-10-9-13-46(78)79)61(85)87-23-33-15-14-32(21-63-33)60(83)84)65-48(34)38-25-89-57(67-38)40-27-90-59(69-40)50(51(80)31-11-7-6-8-12-31)71-45(77)22-64-53(82)49-42(24-86-5)93-55(35)73-49/h6-8,11-12,14-17,21,25-29,35,37,50-51,80H,9-10,13,18-20,22-24H2,1-5H3,(H,62,76)(H,64,82)(H,66,81)(H,71,77)(H,78,79)(H,83,84)/t35-,37-,50-,51-/m0/s1. The van der Waals surface area contributed by atoms with Crippen LogP contribution >= 0.6 is 68.0 Å². The van der Waals surface area contributed by atoms with Gasteiger partial charge in [0.15, 0.2) is 5.78 Å². The van der Waals surface area contributed by atoms with Crippen LogP contribution in [0.1, 0.15) is 148 Å². The van der Waals surface area contributed by atoms with E-state index in [4.69, 9.17) is 44.4 Å². The maximum absolute atomic E-state index is 14.4. The number of benzene rings is 1. The van der Waals surface area contributed by atoms with Crippen molar-refractivity contribution in [1.82, 2.24) is 61.1 Å². The number of fused-ring (bicyclic) bond motifs is 14. The van der Waals surface area contributed by atoms with Crippen LogP contribution in [0.3, 0.4) is 0 Å². The minimum Gasteiger partial charge on any atom is -0.481 e. The van der Waals surface area contributed by atoms with Gasteiger partial charge in [-0.25, -0.2) is 44.5 Å². The number of hydrogen-bond acceptors (Lipinski definition) is 25. The summed E-state index contributed by atoms with van der Waals surface area (Å²) in [5, 5.41) is 50.6. The van der Waals surface area contributed by atoms with Crippen molar-refractivity contribution in [1.29, 1.82) is 0 Å². The number of aliphatic hydroxyl groups is 1. The van der Waals surface area contributed by atoms with Crippen molar-refractivity contribution >= 4 is 121 Å². The number of aromatic carboxylic acids is 1. The van der Waals surface area contributed by atoms with Crippen LogP contribution in [-0.2, 0) is 37.1 Å². The number of ketones is 1. The highest BCUT2D eigenvalue weighted by molar-refractivity contribution is 7.15. The van der Waals surface area contributed by atoms with E-state index in [1.54, 1.807) is 70.9 Å². The Hall–Kier alpha value is -9.02. The number of aromatic nitrogens is 8. The zero-order chi connectivity index (χ0) is 66.0. The van der Waals surface area contributed by atoms with E-state index in [1.165, 1.54) is 53.9 Å². The van der Waals surface area contributed by atoms with Gasteiger partial charge in [-0.1, -0.05) is 44.2 Å². The molecular formula is C61H59N13O13S6. The summed E-state index contributed by atoms with van der Waals surface area (Å²) >= 11 is 7.05. The van der Waals surface area contributed by atoms with Crippen LogP contribution in [0.4, 0.5) is 10.6 Å². The van der Waals surface area contributed by atoms with E-state index < -0.39 is 72.3 Å². The third kappa shape index (κ3) is 16.1. The van der Waals surface area contributed by atoms with Crippen LogP contribution in [0.15, 0.2) is 82.3 Å². The Kier molecular flexibility index (Phi) is 21.7. The lowest BCUT2D eigenvalue weighted by Gasteiger charge is -2.23. The first-order valence-electron chi connectivity index (χ1n) is 28.7. The molecule has 0 spiro atoms. The summed E-state index contributed by atoms with van der Waals surface area (Å²) in [6.07, 6.45) is -0.918. The second-order valence-electron chi connectivity index (χ2n) is 21.3. The van der Waals surface area contributed by atoms with Gasteiger partial charge < -0.3 is 46.1 Å². The number of hydrogen-bond donors (Lipinski definition) is 7. The van der Waals surface area contributed by atoms with Crippen LogP contribution in [0.2, 0.25) is 0 Å². The summed E-state index contributed by atoms with van der Waals surface area (Å²) in [5.74, 6) is -5.37. The number of carboxylic acids is 2. The SMILES string of the molecule is CNC(=O)C[C@@H]1NC(=O)c2csc(n2)-c2ccc(-c3nc(N(CCCCC(=O)O)C(=O)OCc4ccc(C(=O)O)cn4)cs3)nc2-c2csc(n2)-c2csc(n2)[C@H]([C@@H](O)c2ccccc2)NC(=O)CNC(=O)c2nc(sc2COC)[C@H](C(C)C)CC(=O)c2nc1sc2C. The zero-order valence-electron chi connectivity index (χ0n) is 50.2. The molecular weight excluding hydrogens is 1320 g/mol. The van der Waals surface area contributed by atoms with Crippen LogP contribution in [-0.4, -0.2) is 130 Å². The lowest BCUT2D eigenvalue weighted by Crippen LogP contribution is -2.40. The van der Waals surface area contributed by atoms with Crippen molar-refractivity contribution in [2.45, 2.75) is 90.2 Å². The van der Waals surface area contributed by atoms with E-state index in [0.29, 0.717) is 73.7 Å². The van der Waals surface area contributed by atoms with Gasteiger partial charge in [-0.3, -0.25) is 38.7 Å². The highest BCUT2D eigenvalue weighted by Crippen LogP contribution is 2.41. The van der Waals surface area contributed by atoms with E-state index in [-0.39, 0.29) is 97.7 Å². The number of unbranched alkanes of at least 4 members (excludes halogenated alkanes) is 1. The average Bonchev–Trinajstić information content (AvgIpc) is 1.70. The molecule has 0 fully saturated rings. The molecule has 5 amide bonds. The lowest BCUT2D eigenvalue weighted by molar-refractivity contribution is -0.137. The van der Waals surface area contributed by atoms with Gasteiger partial charge in [0.05, 0.1) is 52.5 Å². The van der Waals surface area contributed by atoms with E-state index in [2.05, 4.69) is 26.3 Å². The monoisotopic (exact) mass is 1370 g/mol. The van der Waals surface area contributed by atoms with Crippen molar-refractivity contribution in [3.05, 3.63) is 141 Å². The second kappa shape index (κ2) is 30.2. The van der Waals surface area contributed by atoms with Gasteiger partial charge in [-0.2, -0.15) is 0 Å². The van der Waals surface area contributed by atoms with Gasteiger partial charge in [-0.15, -0.1) is 68.0 Å². The third-order valence-corrected chi connectivity index (χ3v) is 20.3. The average molecular weight is 1370 g/mol. The van der Waals surface area contributed by atoms with Gasteiger partial charge in [0.25, 0.3) is 11.8 Å². The number of carbonyl (C=O) groups is 8. The summed E-state index contributed by atoms with van der Waals surface area (Å²) in [6.45, 7) is 4.79. The Morgan fingerprint density at radius 3 is 2.19 bits per heavy atom.